The summed E-state index contributed by atoms with van der Waals surface area (Å²) in [6.07, 6.45) is 0. The molecule has 20 heavy (non-hydrogen) atoms. The number of hydrogen-bond donors (Lipinski definition) is 1. The van der Waals surface area contributed by atoms with Gasteiger partial charge in [-0.2, -0.15) is 0 Å². The van der Waals surface area contributed by atoms with Crippen molar-refractivity contribution in [2.45, 2.75) is 6.54 Å². The molecule has 0 aliphatic carbocycles. The van der Waals surface area contributed by atoms with Gasteiger partial charge in [-0.3, -0.25) is 0 Å². The molecule has 0 atom stereocenters. The zero-order valence-corrected chi connectivity index (χ0v) is 11.0. The Morgan fingerprint density at radius 3 is 2.80 bits per heavy atom. The summed E-state index contributed by atoms with van der Waals surface area (Å²) in [5.74, 6) is -0.442. The van der Waals surface area contributed by atoms with Gasteiger partial charge in [-0.1, -0.05) is 12.1 Å². The Bertz CT molecular complexity index is 646. The Kier molecular flexibility index (Phi) is 3.18. The van der Waals surface area contributed by atoms with E-state index in [1.54, 1.807) is 18.2 Å². The van der Waals surface area contributed by atoms with Crippen LogP contribution in [0.3, 0.4) is 0 Å². The second kappa shape index (κ2) is 5.00. The topological polar surface area (TPSA) is 24.5 Å². The smallest absolute Gasteiger partial charge is 0.165 e. The summed E-state index contributed by atoms with van der Waals surface area (Å²) in [6, 6.07) is 9.78. The lowest BCUT2D eigenvalue weighted by molar-refractivity contribution is 0.386. The molecule has 0 fully saturated rings. The van der Waals surface area contributed by atoms with Crippen LogP contribution >= 0.6 is 0 Å². The van der Waals surface area contributed by atoms with Gasteiger partial charge in [0.05, 0.1) is 25.2 Å². The van der Waals surface area contributed by atoms with Crippen LogP contribution in [0.2, 0.25) is 0 Å². The van der Waals surface area contributed by atoms with E-state index < -0.39 is 5.82 Å². The molecule has 2 aromatic rings. The fourth-order valence-corrected chi connectivity index (χ4v) is 2.38. The van der Waals surface area contributed by atoms with Crippen molar-refractivity contribution in [2.75, 3.05) is 24.0 Å². The van der Waals surface area contributed by atoms with Gasteiger partial charge in [-0.15, -0.1) is 0 Å². The third-order valence-electron chi connectivity index (χ3n) is 3.37. The molecular weight excluding hydrogens is 262 g/mol. The molecule has 1 aliphatic rings. The van der Waals surface area contributed by atoms with Crippen LogP contribution in [0.15, 0.2) is 36.4 Å². The van der Waals surface area contributed by atoms with Crippen molar-refractivity contribution in [2.24, 2.45) is 0 Å². The minimum Gasteiger partial charge on any atom is -0.494 e. The van der Waals surface area contributed by atoms with E-state index in [4.69, 9.17) is 4.74 Å². The zero-order chi connectivity index (χ0) is 14.1. The summed E-state index contributed by atoms with van der Waals surface area (Å²) < 4.78 is 32.2. The van der Waals surface area contributed by atoms with Gasteiger partial charge in [0.2, 0.25) is 0 Å². The van der Waals surface area contributed by atoms with Gasteiger partial charge in [0.15, 0.2) is 11.6 Å². The summed E-state index contributed by atoms with van der Waals surface area (Å²) in [6.45, 7) is 1.01. The first-order chi connectivity index (χ1) is 9.69. The fraction of sp³-hybridized carbons (Fsp3) is 0.200. The Labute approximate surface area is 115 Å². The van der Waals surface area contributed by atoms with Crippen LogP contribution in [0, 0.1) is 11.6 Å². The van der Waals surface area contributed by atoms with E-state index in [0.29, 0.717) is 18.9 Å². The molecular formula is C15H14F2N2O. The highest BCUT2D eigenvalue weighted by atomic mass is 19.1. The second-order valence-electron chi connectivity index (χ2n) is 4.64. The molecule has 0 unspecified atom stereocenters. The highest BCUT2D eigenvalue weighted by Gasteiger charge is 2.21. The molecule has 0 saturated heterocycles. The van der Waals surface area contributed by atoms with Crippen molar-refractivity contribution in [1.29, 1.82) is 0 Å². The molecule has 5 heteroatoms. The fourth-order valence-electron chi connectivity index (χ4n) is 2.38. The number of methoxy groups -OCH3 is 1. The number of anilines is 2. The number of para-hydroxylation sites is 1. The van der Waals surface area contributed by atoms with E-state index in [1.807, 2.05) is 11.0 Å². The average Bonchev–Trinajstić information content (AvgIpc) is 2.84. The van der Waals surface area contributed by atoms with Crippen molar-refractivity contribution >= 4 is 11.4 Å². The van der Waals surface area contributed by atoms with Crippen molar-refractivity contribution in [1.82, 2.24) is 0 Å². The molecule has 3 nitrogen and oxygen atoms in total. The quantitative estimate of drug-likeness (QED) is 0.930. The Morgan fingerprint density at radius 2 is 2.05 bits per heavy atom. The lowest BCUT2D eigenvalue weighted by Crippen LogP contribution is -2.22. The van der Waals surface area contributed by atoms with Gasteiger partial charge < -0.3 is 15.0 Å². The first-order valence-corrected chi connectivity index (χ1v) is 6.29. The SMILES string of the molecule is COc1ccc(CN2CNc3c(F)cccc32)cc1F. The lowest BCUT2D eigenvalue weighted by Gasteiger charge is -2.18. The standard InChI is InChI=1S/C15H14F2N2O/c1-20-14-6-5-10(7-12(14)17)8-19-9-18-15-11(16)3-2-4-13(15)19/h2-7,18H,8-9H2,1H3. The largest absolute Gasteiger partial charge is 0.494 e. The average molecular weight is 276 g/mol. The summed E-state index contributed by atoms with van der Waals surface area (Å²) in [4.78, 5) is 1.96. The molecule has 2 aromatic carbocycles. The van der Waals surface area contributed by atoms with Crippen molar-refractivity contribution < 1.29 is 13.5 Å². The minimum absolute atomic E-state index is 0.222. The van der Waals surface area contributed by atoms with Crippen LogP contribution in [0.1, 0.15) is 5.56 Å². The molecule has 0 amide bonds. The third-order valence-corrected chi connectivity index (χ3v) is 3.37. The molecule has 1 N–H and O–H groups in total. The molecule has 0 spiro atoms. The van der Waals surface area contributed by atoms with Crippen LogP contribution in [-0.4, -0.2) is 13.8 Å². The van der Waals surface area contributed by atoms with Crippen molar-refractivity contribution in [3.63, 3.8) is 0 Å². The summed E-state index contributed by atoms with van der Waals surface area (Å²) in [5, 5.41) is 3.01. The minimum atomic E-state index is -0.392. The highest BCUT2D eigenvalue weighted by Crippen LogP contribution is 2.34. The number of ether oxygens (including phenoxy) is 1. The number of halogens is 2. The predicted molar refractivity (Wildman–Crippen MR) is 74.0 cm³/mol. The zero-order valence-electron chi connectivity index (χ0n) is 11.0. The predicted octanol–water partition coefficient (Wildman–Crippen LogP) is 3.36. The van der Waals surface area contributed by atoms with Crippen LogP contribution in [0.25, 0.3) is 0 Å². The molecule has 1 heterocycles. The first kappa shape index (κ1) is 12.7. The molecule has 104 valence electrons. The van der Waals surface area contributed by atoms with E-state index in [0.717, 1.165) is 11.3 Å². The second-order valence-corrected chi connectivity index (χ2v) is 4.64. The molecule has 0 bridgehead atoms. The Hall–Kier alpha value is -2.30. The van der Waals surface area contributed by atoms with Gasteiger partial charge in [0.1, 0.15) is 5.82 Å². The maximum atomic E-state index is 13.7. The summed E-state index contributed by atoms with van der Waals surface area (Å²) in [7, 11) is 1.43. The van der Waals surface area contributed by atoms with E-state index in [-0.39, 0.29) is 11.6 Å². The normalized spacial score (nSPS) is 13.1. The monoisotopic (exact) mass is 276 g/mol. The molecule has 3 rings (SSSR count). The van der Waals surface area contributed by atoms with Crippen LogP contribution in [0.4, 0.5) is 20.2 Å². The number of nitrogens with zero attached hydrogens (tertiary/aromatic N) is 1. The van der Waals surface area contributed by atoms with E-state index in [2.05, 4.69) is 5.32 Å². The van der Waals surface area contributed by atoms with Gasteiger partial charge in [0.25, 0.3) is 0 Å². The maximum absolute atomic E-state index is 13.7. The number of nitrogens with one attached hydrogen (secondary N) is 1. The van der Waals surface area contributed by atoms with E-state index in [1.165, 1.54) is 19.2 Å². The van der Waals surface area contributed by atoms with Gasteiger partial charge in [-0.05, 0) is 29.8 Å². The van der Waals surface area contributed by atoms with Crippen LogP contribution in [-0.2, 0) is 6.54 Å². The molecule has 0 radical (unpaired) electrons. The van der Waals surface area contributed by atoms with Crippen molar-refractivity contribution in [3.05, 3.63) is 53.6 Å². The van der Waals surface area contributed by atoms with E-state index in [9.17, 15) is 8.78 Å². The van der Waals surface area contributed by atoms with Gasteiger partial charge in [0, 0.05) is 6.54 Å². The lowest BCUT2D eigenvalue weighted by atomic mass is 10.2. The summed E-state index contributed by atoms with van der Waals surface area (Å²) in [5.41, 5.74) is 2.10. The number of benzene rings is 2. The van der Waals surface area contributed by atoms with Crippen LogP contribution < -0.4 is 15.0 Å². The number of rotatable bonds is 3. The summed E-state index contributed by atoms with van der Waals surface area (Å²) >= 11 is 0. The Balaban J connectivity index is 1.84. The Morgan fingerprint density at radius 1 is 1.20 bits per heavy atom. The van der Waals surface area contributed by atoms with Crippen molar-refractivity contribution in [3.8, 4) is 5.75 Å². The third kappa shape index (κ3) is 2.15. The molecule has 1 aliphatic heterocycles. The molecule has 0 aromatic heterocycles. The van der Waals surface area contributed by atoms with Gasteiger partial charge in [-0.25, -0.2) is 8.78 Å². The highest BCUT2D eigenvalue weighted by molar-refractivity contribution is 5.75. The van der Waals surface area contributed by atoms with Crippen LogP contribution in [0.5, 0.6) is 5.75 Å². The van der Waals surface area contributed by atoms with E-state index >= 15 is 0 Å². The number of fused-ring (bicyclic) bond motifs is 1. The first-order valence-electron chi connectivity index (χ1n) is 6.29. The number of hydrogen-bond acceptors (Lipinski definition) is 3. The maximum Gasteiger partial charge on any atom is 0.165 e. The molecule has 0 saturated carbocycles. The van der Waals surface area contributed by atoms with Gasteiger partial charge >= 0.3 is 0 Å².